The Kier molecular flexibility index (Phi) is 5.09. The maximum absolute atomic E-state index is 6.43. The number of rotatable bonds is 5. The summed E-state index contributed by atoms with van der Waals surface area (Å²) in [6.07, 6.45) is 10.9. The molecule has 0 saturated heterocycles. The van der Waals surface area contributed by atoms with Crippen molar-refractivity contribution < 1.29 is 4.74 Å². The highest BCUT2D eigenvalue weighted by Crippen LogP contribution is 2.43. The summed E-state index contributed by atoms with van der Waals surface area (Å²) < 4.78 is 6.38. The van der Waals surface area contributed by atoms with E-state index in [4.69, 9.17) is 10.5 Å². The van der Waals surface area contributed by atoms with Crippen LogP contribution in [0.4, 0.5) is 0 Å². The van der Waals surface area contributed by atoms with Gasteiger partial charge in [-0.05, 0) is 80.0 Å². The van der Waals surface area contributed by atoms with E-state index < -0.39 is 0 Å². The third-order valence-electron chi connectivity index (χ3n) is 6.09. The topological polar surface area (TPSA) is 48.1 Å². The average Bonchev–Trinajstić information content (AvgIpc) is 2.62. The van der Waals surface area contributed by atoms with Crippen LogP contribution in [0.2, 0.25) is 0 Å². The molecule has 24 heavy (non-hydrogen) atoms. The van der Waals surface area contributed by atoms with Gasteiger partial charge in [-0.25, -0.2) is 0 Å². The Balaban J connectivity index is 1.71. The zero-order valence-corrected chi connectivity index (χ0v) is 15.2. The first-order chi connectivity index (χ1) is 11.6. The van der Waals surface area contributed by atoms with Crippen molar-refractivity contribution in [3.8, 4) is 5.75 Å². The van der Waals surface area contributed by atoms with Crippen molar-refractivity contribution in [3.05, 3.63) is 36.2 Å². The van der Waals surface area contributed by atoms with Crippen molar-refractivity contribution in [2.75, 3.05) is 0 Å². The van der Waals surface area contributed by atoms with Gasteiger partial charge in [-0.2, -0.15) is 0 Å². The predicted molar refractivity (Wildman–Crippen MR) is 100 cm³/mol. The van der Waals surface area contributed by atoms with E-state index in [1.54, 1.807) is 0 Å². The third-order valence-corrected chi connectivity index (χ3v) is 6.09. The van der Waals surface area contributed by atoms with Gasteiger partial charge in [-0.3, -0.25) is 4.98 Å². The van der Waals surface area contributed by atoms with Crippen molar-refractivity contribution in [2.24, 2.45) is 11.1 Å². The first-order valence-electron chi connectivity index (χ1n) is 9.34. The minimum absolute atomic E-state index is 0.312. The van der Waals surface area contributed by atoms with Gasteiger partial charge in [0.15, 0.2) is 0 Å². The SMILES string of the molecule is CC[C@H](N)[C@]1(CC)CC[C@H](Oc2cc3ccncc3cc2C)CC1. The van der Waals surface area contributed by atoms with Gasteiger partial charge in [0.2, 0.25) is 0 Å². The second-order valence-corrected chi connectivity index (χ2v) is 7.39. The smallest absolute Gasteiger partial charge is 0.123 e. The number of aryl methyl sites for hydroxylation is 1. The van der Waals surface area contributed by atoms with E-state index >= 15 is 0 Å². The number of nitrogens with zero attached hydrogens (tertiary/aromatic N) is 1. The van der Waals surface area contributed by atoms with E-state index in [1.165, 1.54) is 35.6 Å². The Morgan fingerprint density at radius 2 is 2.00 bits per heavy atom. The lowest BCUT2D eigenvalue weighted by molar-refractivity contribution is 0.0565. The molecular formula is C21H30N2O. The lowest BCUT2D eigenvalue weighted by Gasteiger charge is -2.43. The Morgan fingerprint density at radius 1 is 1.25 bits per heavy atom. The van der Waals surface area contributed by atoms with Gasteiger partial charge >= 0.3 is 0 Å². The van der Waals surface area contributed by atoms with Gasteiger partial charge in [0.25, 0.3) is 0 Å². The number of nitrogens with two attached hydrogens (primary N) is 1. The van der Waals surface area contributed by atoms with Gasteiger partial charge in [-0.15, -0.1) is 0 Å². The van der Waals surface area contributed by atoms with Crippen LogP contribution in [0.3, 0.4) is 0 Å². The van der Waals surface area contributed by atoms with Crippen LogP contribution < -0.4 is 10.5 Å². The fraction of sp³-hybridized carbons (Fsp3) is 0.571. The molecule has 0 radical (unpaired) electrons. The molecule has 1 atom stereocenters. The monoisotopic (exact) mass is 326 g/mol. The molecule has 130 valence electrons. The van der Waals surface area contributed by atoms with Crippen molar-refractivity contribution in [3.63, 3.8) is 0 Å². The highest BCUT2D eigenvalue weighted by molar-refractivity contribution is 5.84. The summed E-state index contributed by atoms with van der Waals surface area (Å²) in [6.45, 7) is 6.62. The van der Waals surface area contributed by atoms with Gasteiger partial charge in [-0.1, -0.05) is 13.8 Å². The van der Waals surface area contributed by atoms with Gasteiger partial charge in [0.05, 0.1) is 6.10 Å². The van der Waals surface area contributed by atoms with Crippen molar-refractivity contribution in [2.45, 2.75) is 71.4 Å². The molecule has 1 aromatic carbocycles. The van der Waals surface area contributed by atoms with E-state index in [9.17, 15) is 0 Å². The largest absolute Gasteiger partial charge is 0.490 e. The quantitative estimate of drug-likeness (QED) is 0.841. The molecule has 0 bridgehead atoms. The number of pyridine rings is 1. The first-order valence-corrected chi connectivity index (χ1v) is 9.34. The summed E-state index contributed by atoms with van der Waals surface area (Å²) in [6, 6.07) is 6.69. The van der Waals surface area contributed by atoms with Crippen LogP contribution >= 0.6 is 0 Å². The average molecular weight is 326 g/mol. The Hall–Kier alpha value is -1.61. The summed E-state index contributed by atoms with van der Waals surface area (Å²) in [4.78, 5) is 4.20. The number of benzene rings is 1. The van der Waals surface area contributed by atoms with Crippen LogP contribution in [0.1, 0.15) is 57.9 Å². The van der Waals surface area contributed by atoms with E-state index in [2.05, 4.69) is 37.9 Å². The molecule has 1 saturated carbocycles. The van der Waals surface area contributed by atoms with E-state index in [0.29, 0.717) is 17.6 Å². The third kappa shape index (κ3) is 3.27. The molecule has 3 heteroatoms. The number of ether oxygens (including phenoxy) is 1. The van der Waals surface area contributed by atoms with Crippen LogP contribution in [-0.4, -0.2) is 17.1 Å². The van der Waals surface area contributed by atoms with Crippen LogP contribution in [0.25, 0.3) is 10.8 Å². The van der Waals surface area contributed by atoms with Crippen molar-refractivity contribution in [1.82, 2.24) is 4.98 Å². The summed E-state index contributed by atoms with van der Waals surface area (Å²) in [5.41, 5.74) is 7.94. The molecule has 1 heterocycles. The molecule has 1 aliphatic rings. The first kappa shape index (κ1) is 17.2. The van der Waals surface area contributed by atoms with E-state index in [0.717, 1.165) is 25.0 Å². The molecular weight excluding hydrogens is 296 g/mol. The number of hydrogen-bond donors (Lipinski definition) is 1. The van der Waals surface area contributed by atoms with E-state index in [1.807, 2.05) is 18.5 Å². The minimum Gasteiger partial charge on any atom is -0.490 e. The Morgan fingerprint density at radius 3 is 2.67 bits per heavy atom. The molecule has 1 fully saturated rings. The fourth-order valence-corrected chi connectivity index (χ4v) is 4.24. The summed E-state index contributed by atoms with van der Waals surface area (Å²) >= 11 is 0. The molecule has 1 aliphatic carbocycles. The number of aromatic nitrogens is 1. The molecule has 0 spiro atoms. The van der Waals surface area contributed by atoms with Gasteiger partial charge in [0.1, 0.15) is 5.75 Å². The molecule has 2 aromatic rings. The maximum Gasteiger partial charge on any atom is 0.123 e. The Bertz CT molecular complexity index is 689. The lowest BCUT2D eigenvalue weighted by Crippen LogP contribution is -2.45. The summed E-state index contributed by atoms with van der Waals surface area (Å²) in [5.74, 6) is 1.02. The number of hydrogen-bond acceptors (Lipinski definition) is 3. The predicted octanol–water partition coefficient (Wildman–Crippen LogP) is 5.00. The second-order valence-electron chi connectivity index (χ2n) is 7.39. The van der Waals surface area contributed by atoms with Crippen LogP contribution in [0.5, 0.6) is 5.75 Å². The summed E-state index contributed by atoms with van der Waals surface area (Å²) in [7, 11) is 0. The van der Waals surface area contributed by atoms with Gasteiger partial charge < -0.3 is 10.5 Å². The van der Waals surface area contributed by atoms with Crippen LogP contribution in [0, 0.1) is 12.3 Å². The standard InChI is InChI=1S/C21H30N2O/c1-4-20(22)21(5-2)9-6-18(7-10-21)24-19-13-16-8-11-23-14-17(16)12-15(19)3/h8,11-14,18,20H,4-7,9-10,22H2,1-3H3/t18-,20-,21+/m0/s1. The molecule has 3 nitrogen and oxygen atoms in total. The minimum atomic E-state index is 0.312. The molecule has 1 aromatic heterocycles. The fourth-order valence-electron chi connectivity index (χ4n) is 4.24. The zero-order valence-electron chi connectivity index (χ0n) is 15.2. The van der Waals surface area contributed by atoms with Crippen molar-refractivity contribution in [1.29, 1.82) is 0 Å². The summed E-state index contributed by atoms with van der Waals surface area (Å²) in [5, 5.41) is 2.36. The molecule has 0 unspecified atom stereocenters. The molecule has 2 N–H and O–H groups in total. The molecule has 0 aliphatic heterocycles. The van der Waals surface area contributed by atoms with Crippen LogP contribution in [0.15, 0.2) is 30.6 Å². The van der Waals surface area contributed by atoms with Gasteiger partial charge in [0, 0.05) is 23.8 Å². The normalized spacial score (nSPS) is 25.6. The van der Waals surface area contributed by atoms with Crippen LogP contribution in [-0.2, 0) is 0 Å². The Labute approximate surface area is 145 Å². The van der Waals surface area contributed by atoms with E-state index in [-0.39, 0.29) is 0 Å². The highest BCUT2D eigenvalue weighted by Gasteiger charge is 2.38. The highest BCUT2D eigenvalue weighted by atomic mass is 16.5. The van der Waals surface area contributed by atoms with Crippen molar-refractivity contribution >= 4 is 10.8 Å². The second kappa shape index (κ2) is 7.10. The lowest BCUT2D eigenvalue weighted by atomic mass is 9.66. The maximum atomic E-state index is 6.43. The molecule has 0 amide bonds. The molecule has 3 rings (SSSR count). The number of fused-ring (bicyclic) bond motifs is 1. The zero-order chi connectivity index (χ0) is 17.2.